The molecule has 1 saturated heterocycles. The normalized spacial score (nSPS) is 24.3. The zero-order valence-corrected chi connectivity index (χ0v) is 29.8. The van der Waals surface area contributed by atoms with E-state index in [1.807, 2.05) is 34.6 Å². The number of rotatable bonds is 14. The number of hydrogen-bond acceptors (Lipinski definition) is 7. The highest BCUT2D eigenvalue weighted by Gasteiger charge is 2.70. The Labute approximate surface area is 279 Å². The van der Waals surface area contributed by atoms with Gasteiger partial charge in [-0.2, -0.15) is 0 Å². The Bertz CT molecular complexity index is 1370. The fourth-order valence-corrected chi connectivity index (χ4v) is 7.68. The zero-order chi connectivity index (χ0) is 35.5. The smallest absolute Gasteiger partial charge is 0.315 e. The maximum Gasteiger partial charge on any atom is 0.315 e. The van der Waals surface area contributed by atoms with Crippen molar-refractivity contribution >= 4 is 39.6 Å². The molecule has 1 aliphatic heterocycles. The van der Waals surface area contributed by atoms with Crippen molar-refractivity contribution in [3.63, 3.8) is 0 Å². The van der Waals surface area contributed by atoms with Crippen molar-refractivity contribution in [3.8, 4) is 0 Å². The average Bonchev–Trinajstić information content (AvgIpc) is 3.28. The lowest BCUT2D eigenvalue weighted by molar-refractivity contribution is -0.145. The molecule has 3 rings (SSSR count). The van der Waals surface area contributed by atoms with Gasteiger partial charge in [0.15, 0.2) is 0 Å². The molecule has 4 N–H and O–H groups in total. The molecule has 264 valence electrons. The molecule has 1 heterocycles. The number of carbonyl (C=O) groups excluding carboxylic acids is 5. The first kappa shape index (κ1) is 38.2. The standard InChI is InChI=1S/C33H54N6O7S/c1-10-15-22(25(40)28(42)34-18-11-2)35-27(41)24-23-21(32(23,6)7)19-39(24)29(43)26(31(3,4)5)36-30(44)37-33(16-13-12-14-17-33)20-38(8)47(9,45)46/h10-11,21-24,26H,1-2,12-20H2,3-9H3,(H,34,42)(H,35,41)(H2,36,37,44)/t21-,22?,23-,24-,26+/m0/s1. The molecule has 14 heteroatoms. The van der Waals surface area contributed by atoms with Crippen LogP contribution in [0.25, 0.3) is 0 Å². The summed E-state index contributed by atoms with van der Waals surface area (Å²) in [6.45, 7) is 17.2. The minimum atomic E-state index is -3.49. The van der Waals surface area contributed by atoms with Crippen LogP contribution in [0.4, 0.5) is 4.79 Å². The van der Waals surface area contributed by atoms with Crippen molar-refractivity contribution in [2.75, 3.05) is 32.9 Å². The molecule has 5 atom stereocenters. The second-order valence-corrected chi connectivity index (χ2v) is 17.2. The van der Waals surface area contributed by atoms with E-state index >= 15 is 0 Å². The number of fused-ring (bicyclic) bond motifs is 1. The molecule has 3 aliphatic rings. The van der Waals surface area contributed by atoms with Crippen LogP contribution in [0.3, 0.4) is 0 Å². The highest BCUT2D eigenvalue weighted by Crippen LogP contribution is 2.65. The summed E-state index contributed by atoms with van der Waals surface area (Å²) in [6.07, 6.45) is 7.85. The zero-order valence-electron chi connectivity index (χ0n) is 29.0. The van der Waals surface area contributed by atoms with Gasteiger partial charge in [-0.05, 0) is 41.9 Å². The van der Waals surface area contributed by atoms with Crippen molar-refractivity contribution in [1.82, 2.24) is 30.5 Å². The molecule has 47 heavy (non-hydrogen) atoms. The number of nitrogens with zero attached hydrogens (tertiary/aromatic N) is 2. The highest BCUT2D eigenvalue weighted by molar-refractivity contribution is 7.88. The summed E-state index contributed by atoms with van der Waals surface area (Å²) in [7, 11) is -2.00. The van der Waals surface area contributed by atoms with Crippen LogP contribution in [0, 0.1) is 22.7 Å². The molecule has 13 nitrogen and oxygen atoms in total. The Morgan fingerprint density at radius 3 is 2.17 bits per heavy atom. The van der Waals surface area contributed by atoms with Gasteiger partial charge >= 0.3 is 6.03 Å². The van der Waals surface area contributed by atoms with Gasteiger partial charge in [0.2, 0.25) is 27.6 Å². The lowest BCUT2D eigenvalue weighted by Gasteiger charge is -2.42. The number of hydrogen-bond donors (Lipinski definition) is 4. The molecular formula is C33H54N6O7S. The van der Waals surface area contributed by atoms with Crippen LogP contribution in [0.5, 0.6) is 0 Å². The van der Waals surface area contributed by atoms with E-state index in [2.05, 4.69) is 34.4 Å². The third-order valence-electron chi connectivity index (χ3n) is 10.1. The van der Waals surface area contributed by atoms with Crippen LogP contribution in [0.15, 0.2) is 25.3 Å². The number of Topliss-reactive ketones (excluding diaryl/α,β-unsaturated/α-hetero) is 1. The molecule has 0 aromatic heterocycles. The monoisotopic (exact) mass is 678 g/mol. The van der Waals surface area contributed by atoms with E-state index in [0.717, 1.165) is 25.5 Å². The molecule has 0 aromatic carbocycles. The molecule has 0 radical (unpaired) electrons. The van der Waals surface area contributed by atoms with Gasteiger partial charge in [0.05, 0.1) is 11.8 Å². The van der Waals surface area contributed by atoms with E-state index in [1.54, 1.807) is 0 Å². The summed E-state index contributed by atoms with van der Waals surface area (Å²) in [5.41, 5.74) is -1.78. The van der Waals surface area contributed by atoms with Crippen LogP contribution in [0.1, 0.15) is 73.1 Å². The van der Waals surface area contributed by atoms with Crippen molar-refractivity contribution in [2.24, 2.45) is 22.7 Å². The van der Waals surface area contributed by atoms with Gasteiger partial charge in [-0.25, -0.2) is 17.5 Å². The Balaban J connectivity index is 1.84. The van der Waals surface area contributed by atoms with Crippen molar-refractivity contribution in [1.29, 1.82) is 0 Å². The number of sulfonamides is 1. The minimum absolute atomic E-state index is 0.0207. The predicted molar refractivity (Wildman–Crippen MR) is 179 cm³/mol. The number of likely N-dealkylation sites (N-methyl/N-ethyl adjacent to an activating group) is 1. The van der Waals surface area contributed by atoms with E-state index in [-0.39, 0.29) is 36.8 Å². The molecule has 5 amide bonds. The van der Waals surface area contributed by atoms with Crippen molar-refractivity contribution in [2.45, 2.75) is 96.8 Å². The van der Waals surface area contributed by atoms with Gasteiger partial charge in [-0.3, -0.25) is 19.2 Å². The third-order valence-corrected chi connectivity index (χ3v) is 11.4. The van der Waals surface area contributed by atoms with Gasteiger partial charge < -0.3 is 26.2 Å². The summed E-state index contributed by atoms with van der Waals surface area (Å²) in [5, 5.41) is 11.0. The van der Waals surface area contributed by atoms with Crippen LogP contribution in [-0.4, -0.2) is 104 Å². The first-order chi connectivity index (χ1) is 21.7. The number of amides is 5. The highest BCUT2D eigenvalue weighted by atomic mass is 32.2. The minimum Gasteiger partial charge on any atom is -0.346 e. The van der Waals surface area contributed by atoms with E-state index in [9.17, 15) is 32.4 Å². The molecule has 2 saturated carbocycles. The molecule has 0 bridgehead atoms. The largest absolute Gasteiger partial charge is 0.346 e. The van der Waals surface area contributed by atoms with Crippen molar-refractivity contribution < 1.29 is 32.4 Å². The second-order valence-electron chi connectivity index (χ2n) is 15.1. The third kappa shape index (κ3) is 8.81. The van der Waals surface area contributed by atoms with E-state index < -0.39 is 68.6 Å². The van der Waals surface area contributed by atoms with Gasteiger partial charge in [0, 0.05) is 26.7 Å². The molecule has 0 spiro atoms. The van der Waals surface area contributed by atoms with E-state index in [0.29, 0.717) is 19.4 Å². The molecule has 2 aliphatic carbocycles. The van der Waals surface area contributed by atoms with Crippen LogP contribution >= 0.6 is 0 Å². The van der Waals surface area contributed by atoms with Crippen molar-refractivity contribution in [3.05, 3.63) is 25.3 Å². The SMILES string of the molecule is C=CCNC(=O)C(=O)C(CC=C)NC(=O)[C@@H]1[C@@H]2[C@H](CN1C(=O)[C@@H](NC(=O)NC1(CN(C)S(C)(=O)=O)CCCCC1)C(C)(C)C)C2(C)C. The number of carbonyl (C=O) groups is 5. The van der Waals surface area contributed by atoms with Gasteiger partial charge in [-0.15, -0.1) is 13.2 Å². The Hall–Kier alpha value is -3.26. The van der Waals surface area contributed by atoms with Gasteiger partial charge in [-0.1, -0.05) is 66.0 Å². The van der Waals surface area contributed by atoms with E-state index in [4.69, 9.17) is 0 Å². The number of urea groups is 1. The quantitative estimate of drug-likeness (QED) is 0.160. The molecule has 3 fully saturated rings. The molecule has 1 unspecified atom stereocenters. The maximum atomic E-state index is 14.3. The molecular weight excluding hydrogens is 624 g/mol. The maximum absolute atomic E-state index is 14.3. The number of likely N-dealkylation sites (tertiary alicyclic amines) is 1. The van der Waals surface area contributed by atoms with Crippen LogP contribution < -0.4 is 21.3 Å². The number of ketones is 1. The Kier molecular flexibility index (Phi) is 11.8. The average molecular weight is 679 g/mol. The van der Waals surface area contributed by atoms with Crippen LogP contribution in [-0.2, 0) is 29.2 Å². The summed E-state index contributed by atoms with van der Waals surface area (Å²) in [6, 6.07) is -3.69. The van der Waals surface area contributed by atoms with E-state index in [1.165, 1.54) is 28.4 Å². The fourth-order valence-electron chi connectivity index (χ4n) is 7.20. The first-order valence-electron chi connectivity index (χ1n) is 16.3. The Morgan fingerprint density at radius 1 is 1.02 bits per heavy atom. The number of nitrogens with one attached hydrogen (secondary N) is 4. The first-order valence-corrected chi connectivity index (χ1v) is 18.2. The summed E-state index contributed by atoms with van der Waals surface area (Å²) < 4.78 is 25.7. The summed E-state index contributed by atoms with van der Waals surface area (Å²) in [4.78, 5) is 68.7. The fraction of sp³-hybridized carbons (Fsp3) is 0.727. The predicted octanol–water partition coefficient (Wildman–Crippen LogP) is 1.71. The summed E-state index contributed by atoms with van der Waals surface area (Å²) in [5.74, 6) is -2.80. The molecule has 0 aromatic rings. The Morgan fingerprint density at radius 2 is 1.64 bits per heavy atom. The second kappa shape index (κ2) is 14.5. The summed E-state index contributed by atoms with van der Waals surface area (Å²) >= 11 is 0. The lowest BCUT2D eigenvalue weighted by Crippen LogP contribution is -2.64. The number of piperidine rings is 1. The van der Waals surface area contributed by atoms with Crippen LogP contribution in [0.2, 0.25) is 0 Å². The van der Waals surface area contributed by atoms with Gasteiger partial charge in [0.25, 0.3) is 5.91 Å². The topological polar surface area (TPSA) is 174 Å². The lowest BCUT2D eigenvalue weighted by atomic mass is 9.81. The van der Waals surface area contributed by atoms with Gasteiger partial charge in [0.1, 0.15) is 18.1 Å².